The highest BCUT2D eigenvalue weighted by molar-refractivity contribution is 5.82. The predicted octanol–water partition coefficient (Wildman–Crippen LogP) is 3.84. The van der Waals surface area contributed by atoms with Crippen molar-refractivity contribution in [3.05, 3.63) is 48.0 Å². The van der Waals surface area contributed by atoms with Crippen molar-refractivity contribution < 1.29 is 0 Å². The Balaban J connectivity index is 2.41. The van der Waals surface area contributed by atoms with Gasteiger partial charge in [-0.3, -0.25) is 0 Å². The van der Waals surface area contributed by atoms with Gasteiger partial charge in [-0.05, 0) is 34.7 Å². The van der Waals surface area contributed by atoms with Gasteiger partial charge in [0.25, 0.3) is 0 Å². The first-order chi connectivity index (χ1) is 6.75. The van der Waals surface area contributed by atoms with Gasteiger partial charge in [-0.25, -0.2) is 0 Å². The number of fused-ring (bicyclic) bond motifs is 1. The van der Waals surface area contributed by atoms with Crippen LogP contribution in [-0.2, 0) is 6.42 Å². The van der Waals surface area contributed by atoms with Crippen molar-refractivity contribution in [2.45, 2.75) is 20.3 Å². The first-order valence-electron chi connectivity index (χ1n) is 5.15. The maximum absolute atomic E-state index is 3.32. The number of rotatable bonds is 2. The molecule has 0 N–H and O–H groups in total. The molecule has 0 saturated carbocycles. The highest BCUT2D eigenvalue weighted by Crippen LogP contribution is 2.17. The second-order valence-corrected chi connectivity index (χ2v) is 4.19. The fourth-order valence-electron chi connectivity index (χ4n) is 1.76. The van der Waals surface area contributed by atoms with Crippen LogP contribution in [-0.4, -0.2) is 0 Å². The highest BCUT2D eigenvalue weighted by atomic mass is 14.0. The third-order valence-electron chi connectivity index (χ3n) is 2.36. The molecule has 0 heterocycles. The topological polar surface area (TPSA) is 0 Å². The minimum atomic E-state index is 0.713. The zero-order valence-corrected chi connectivity index (χ0v) is 8.75. The molecule has 0 atom stereocenters. The van der Waals surface area contributed by atoms with Crippen molar-refractivity contribution in [1.29, 1.82) is 0 Å². The van der Waals surface area contributed by atoms with Crippen molar-refractivity contribution in [1.82, 2.24) is 0 Å². The first kappa shape index (κ1) is 9.26. The van der Waals surface area contributed by atoms with Gasteiger partial charge in [0.2, 0.25) is 0 Å². The van der Waals surface area contributed by atoms with E-state index in [4.69, 9.17) is 0 Å². The molecular weight excluding hydrogens is 168 g/mol. The quantitative estimate of drug-likeness (QED) is 0.663. The highest BCUT2D eigenvalue weighted by Gasteiger charge is 1.99. The summed E-state index contributed by atoms with van der Waals surface area (Å²) in [7, 11) is 0. The maximum atomic E-state index is 3.32. The summed E-state index contributed by atoms with van der Waals surface area (Å²) in [5.74, 6) is 0.713. The van der Waals surface area contributed by atoms with E-state index in [2.05, 4.69) is 56.3 Å². The van der Waals surface area contributed by atoms with Crippen LogP contribution in [0.2, 0.25) is 0 Å². The molecule has 0 fully saturated rings. The Hall–Kier alpha value is -1.30. The molecule has 14 heavy (non-hydrogen) atoms. The molecule has 0 heteroatoms. The average Bonchev–Trinajstić information content (AvgIpc) is 2.17. The van der Waals surface area contributed by atoms with Gasteiger partial charge < -0.3 is 0 Å². The van der Waals surface area contributed by atoms with Crippen LogP contribution in [0.4, 0.5) is 0 Å². The Morgan fingerprint density at radius 1 is 1.21 bits per heavy atom. The normalized spacial score (nSPS) is 11.1. The molecule has 0 aromatic heterocycles. The van der Waals surface area contributed by atoms with Gasteiger partial charge >= 0.3 is 0 Å². The monoisotopic (exact) mass is 183 g/mol. The summed E-state index contributed by atoms with van der Waals surface area (Å²) in [5.41, 5.74) is 1.39. The van der Waals surface area contributed by atoms with E-state index in [1.807, 2.05) is 0 Å². The Bertz CT molecular complexity index is 427. The minimum Gasteiger partial charge on any atom is -0.0625 e. The average molecular weight is 183 g/mol. The second-order valence-electron chi connectivity index (χ2n) is 4.19. The largest absolute Gasteiger partial charge is 0.0625 e. The maximum Gasteiger partial charge on any atom is -0.00963 e. The fourth-order valence-corrected chi connectivity index (χ4v) is 1.76. The van der Waals surface area contributed by atoms with E-state index in [1.165, 1.54) is 16.3 Å². The molecule has 1 radical (unpaired) electrons. The third kappa shape index (κ3) is 1.95. The van der Waals surface area contributed by atoms with Gasteiger partial charge in [-0.1, -0.05) is 50.2 Å². The molecule has 0 unspecified atom stereocenters. The lowest BCUT2D eigenvalue weighted by Crippen LogP contribution is -1.93. The lowest BCUT2D eigenvalue weighted by atomic mass is 10.00. The predicted molar refractivity (Wildman–Crippen MR) is 61.3 cm³/mol. The summed E-state index contributed by atoms with van der Waals surface area (Å²) in [6.07, 6.45) is 1.14. The van der Waals surface area contributed by atoms with Crippen molar-refractivity contribution in [2.24, 2.45) is 5.92 Å². The Kier molecular flexibility index (Phi) is 2.53. The van der Waals surface area contributed by atoms with E-state index in [0.29, 0.717) is 5.92 Å². The number of hydrogen-bond acceptors (Lipinski definition) is 0. The Morgan fingerprint density at radius 3 is 2.79 bits per heavy atom. The molecule has 0 saturated heterocycles. The van der Waals surface area contributed by atoms with E-state index < -0.39 is 0 Å². The molecule has 0 nitrogen and oxygen atoms in total. The zero-order valence-electron chi connectivity index (χ0n) is 8.75. The van der Waals surface area contributed by atoms with Crippen molar-refractivity contribution in [2.75, 3.05) is 0 Å². The minimum absolute atomic E-state index is 0.713. The first-order valence-corrected chi connectivity index (χ1v) is 5.15. The van der Waals surface area contributed by atoms with Crippen LogP contribution in [0.25, 0.3) is 10.8 Å². The SMILES string of the molecule is CC(C)Cc1c[c]c2ccccc2c1. The molecule has 2 aromatic carbocycles. The van der Waals surface area contributed by atoms with Gasteiger partial charge in [0.1, 0.15) is 0 Å². The van der Waals surface area contributed by atoms with Gasteiger partial charge in [0, 0.05) is 0 Å². The molecule has 0 amide bonds. The number of hydrogen-bond donors (Lipinski definition) is 0. The lowest BCUT2D eigenvalue weighted by Gasteiger charge is -2.05. The van der Waals surface area contributed by atoms with Crippen LogP contribution in [0.5, 0.6) is 0 Å². The summed E-state index contributed by atoms with van der Waals surface area (Å²) >= 11 is 0. The van der Waals surface area contributed by atoms with Gasteiger partial charge in [0.05, 0.1) is 0 Å². The molecule has 71 valence electrons. The summed E-state index contributed by atoms with van der Waals surface area (Å²) in [4.78, 5) is 0. The summed E-state index contributed by atoms with van der Waals surface area (Å²) in [5, 5.41) is 2.51. The molecular formula is C14H15. The lowest BCUT2D eigenvalue weighted by molar-refractivity contribution is 0.648. The summed E-state index contributed by atoms with van der Waals surface area (Å²) < 4.78 is 0. The van der Waals surface area contributed by atoms with Crippen LogP contribution in [0.1, 0.15) is 19.4 Å². The molecule has 0 spiro atoms. The van der Waals surface area contributed by atoms with Crippen LogP contribution in [0, 0.1) is 12.0 Å². The van der Waals surface area contributed by atoms with E-state index in [1.54, 1.807) is 0 Å². The van der Waals surface area contributed by atoms with Crippen molar-refractivity contribution in [3.63, 3.8) is 0 Å². The molecule has 2 rings (SSSR count). The van der Waals surface area contributed by atoms with Crippen LogP contribution in [0.3, 0.4) is 0 Å². The molecule has 0 aliphatic rings. The van der Waals surface area contributed by atoms with Crippen molar-refractivity contribution in [3.8, 4) is 0 Å². The van der Waals surface area contributed by atoms with Crippen LogP contribution >= 0.6 is 0 Å². The van der Waals surface area contributed by atoms with E-state index >= 15 is 0 Å². The standard InChI is InChI=1S/C14H15/c1-11(2)9-12-7-8-13-5-3-4-6-14(13)10-12/h3-7,10-11H,9H2,1-2H3. The van der Waals surface area contributed by atoms with Gasteiger partial charge in [0.15, 0.2) is 0 Å². The molecule has 2 aromatic rings. The summed E-state index contributed by atoms with van der Waals surface area (Å²) in [6, 6.07) is 16.1. The zero-order chi connectivity index (χ0) is 9.97. The molecule has 0 aliphatic heterocycles. The van der Waals surface area contributed by atoms with Crippen LogP contribution < -0.4 is 0 Å². The Morgan fingerprint density at radius 2 is 2.00 bits per heavy atom. The van der Waals surface area contributed by atoms with Gasteiger partial charge in [-0.15, -0.1) is 0 Å². The molecule has 0 aliphatic carbocycles. The van der Waals surface area contributed by atoms with Crippen LogP contribution in [0.15, 0.2) is 36.4 Å². The summed E-state index contributed by atoms with van der Waals surface area (Å²) in [6.45, 7) is 4.49. The van der Waals surface area contributed by atoms with E-state index in [9.17, 15) is 0 Å². The fraction of sp³-hybridized carbons (Fsp3) is 0.286. The number of benzene rings is 2. The van der Waals surface area contributed by atoms with Crippen molar-refractivity contribution >= 4 is 10.8 Å². The van der Waals surface area contributed by atoms with E-state index in [-0.39, 0.29) is 0 Å². The van der Waals surface area contributed by atoms with E-state index in [0.717, 1.165) is 6.42 Å². The Labute approximate surface area is 85.6 Å². The smallest absolute Gasteiger partial charge is 0.00963 e. The second kappa shape index (κ2) is 3.83. The third-order valence-corrected chi connectivity index (χ3v) is 2.36. The molecule has 0 bridgehead atoms. The van der Waals surface area contributed by atoms with Gasteiger partial charge in [-0.2, -0.15) is 0 Å².